The highest BCUT2D eigenvalue weighted by Crippen LogP contribution is 2.42. The van der Waals surface area contributed by atoms with E-state index in [2.05, 4.69) is 10.2 Å². The van der Waals surface area contributed by atoms with E-state index in [0.717, 1.165) is 11.1 Å². The summed E-state index contributed by atoms with van der Waals surface area (Å²) in [7, 11) is 6.42. The summed E-state index contributed by atoms with van der Waals surface area (Å²) < 4.78 is 51.4. The second kappa shape index (κ2) is 9.72. The minimum absolute atomic E-state index is 0.0164. The molecular weight excluding hydrogens is 486 g/mol. The van der Waals surface area contributed by atoms with Crippen LogP contribution in [-0.4, -0.2) is 52.0 Å². The molecule has 9 nitrogen and oxygen atoms in total. The number of halogens is 2. The van der Waals surface area contributed by atoms with Crippen molar-refractivity contribution in [3.63, 3.8) is 0 Å². The predicted octanol–water partition coefficient (Wildman–Crippen LogP) is 5.21. The SMILES string of the molecule is COc1cc(-c2c3c(OC)cc(-c4cnn(C)c4)cc3nn2C)cc(OC(F)F)c1C(=O)OC(C)(C)C. The molecule has 0 spiro atoms. The topological polar surface area (TPSA) is 89.6 Å². The molecule has 0 unspecified atom stereocenters. The van der Waals surface area contributed by atoms with E-state index < -0.39 is 18.2 Å². The lowest BCUT2D eigenvalue weighted by Crippen LogP contribution is -2.25. The molecule has 37 heavy (non-hydrogen) atoms. The van der Waals surface area contributed by atoms with Crippen molar-refractivity contribution in [1.29, 1.82) is 0 Å². The van der Waals surface area contributed by atoms with Crippen LogP contribution >= 0.6 is 0 Å². The number of hydrogen-bond acceptors (Lipinski definition) is 7. The van der Waals surface area contributed by atoms with Crippen LogP contribution in [0.4, 0.5) is 8.78 Å². The van der Waals surface area contributed by atoms with Crippen molar-refractivity contribution in [2.24, 2.45) is 14.1 Å². The predicted molar refractivity (Wildman–Crippen MR) is 133 cm³/mol. The highest BCUT2D eigenvalue weighted by Gasteiger charge is 2.29. The Morgan fingerprint density at radius 2 is 1.59 bits per heavy atom. The van der Waals surface area contributed by atoms with Crippen LogP contribution in [0.3, 0.4) is 0 Å². The molecule has 2 aromatic carbocycles. The van der Waals surface area contributed by atoms with Gasteiger partial charge < -0.3 is 18.9 Å². The molecule has 0 amide bonds. The lowest BCUT2D eigenvalue weighted by Gasteiger charge is -2.22. The maximum atomic E-state index is 13.4. The van der Waals surface area contributed by atoms with E-state index in [-0.39, 0.29) is 17.1 Å². The summed E-state index contributed by atoms with van der Waals surface area (Å²) in [6.07, 6.45) is 3.61. The van der Waals surface area contributed by atoms with E-state index in [1.807, 2.05) is 25.4 Å². The number of alkyl halides is 2. The molecule has 4 rings (SSSR count). The summed E-state index contributed by atoms with van der Waals surface area (Å²) in [5, 5.41) is 9.50. The van der Waals surface area contributed by atoms with E-state index >= 15 is 0 Å². The van der Waals surface area contributed by atoms with Gasteiger partial charge in [0.1, 0.15) is 28.4 Å². The molecule has 0 radical (unpaired) electrons. The van der Waals surface area contributed by atoms with Crippen LogP contribution in [0.2, 0.25) is 0 Å². The van der Waals surface area contributed by atoms with Gasteiger partial charge in [0.2, 0.25) is 0 Å². The molecule has 0 aliphatic rings. The number of rotatable bonds is 7. The third-order valence-electron chi connectivity index (χ3n) is 5.54. The van der Waals surface area contributed by atoms with Gasteiger partial charge in [0, 0.05) is 31.4 Å². The number of carbonyl (C=O) groups excluding carboxylic acids is 1. The van der Waals surface area contributed by atoms with Crippen molar-refractivity contribution in [2.75, 3.05) is 14.2 Å². The lowest BCUT2D eigenvalue weighted by atomic mass is 10.0. The number of methoxy groups -OCH3 is 2. The number of aryl methyl sites for hydroxylation is 2. The monoisotopic (exact) mass is 514 g/mol. The summed E-state index contributed by atoms with van der Waals surface area (Å²) in [5.74, 6) is -0.687. The standard InChI is InChI=1S/C26H28F2N4O5/c1-26(2,3)37-24(33)22-19(35-7)10-15(11-20(22)36-25(27)28)23-21-17(30-32(23)5)8-14(9-18(21)34-6)16-12-29-31(4)13-16/h8-13,25H,1-7H3. The largest absolute Gasteiger partial charge is 0.496 e. The maximum absolute atomic E-state index is 13.4. The number of nitrogens with zero attached hydrogens (tertiary/aromatic N) is 4. The van der Waals surface area contributed by atoms with Gasteiger partial charge in [-0.15, -0.1) is 0 Å². The quantitative estimate of drug-likeness (QED) is 0.313. The molecule has 0 aliphatic heterocycles. The number of carbonyl (C=O) groups is 1. The van der Waals surface area contributed by atoms with Gasteiger partial charge in [-0.1, -0.05) is 0 Å². The Morgan fingerprint density at radius 3 is 2.16 bits per heavy atom. The number of hydrogen-bond donors (Lipinski definition) is 0. The third kappa shape index (κ3) is 5.20. The van der Waals surface area contributed by atoms with Gasteiger partial charge in [-0.05, 0) is 50.6 Å². The van der Waals surface area contributed by atoms with Crippen molar-refractivity contribution in [3.8, 4) is 39.6 Å². The molecule has 0 N–H and O–H groups in total. The van der Waals surface area contributed by atoms with Crippen molar-refractivity contribution < 1.29 is 32.5 Å². The lowest BCUT2D eigenvalue weighted by molar-refractivity contribution is -0.0509. The van der Waals surface area contributed by atoms with Gasteiger partial charge >= 0.3 is 12.6 Å². The Balaban J connectivity index is 1.94. The van der Waals surface area contributed by atoms with Gasteiger partial charge in [0.15, 0.2) is 0 Å². The van der Waals surface area contributed by atoms with Crippen LogP contribution in [0.15, 0.2) is 36.7 Å². The van der Waals surface area contributed by atoms with Gasteiger partial charge in [-0.3, -0.25) is 9.36 Å². The van der Waals surface area contributed by atoms with E-state index in [0.29, 0.717) is 27.9 Å². The molecule has 0 atom stereocenters. The second-order valence-electron chi connectivity index (χ2n) is 9.38. The van der Waals surface area contributed by atoms with Crippen molar-refractivity contribution in [2.45, 2.75) is 33.0 Å². The van der Waals surface area contributed by atoms with Crippen LogP contribution in [0.1, 0.15) is 31.1 Å². The molecule has 196 valence electrons. The minimum atomic E-state index is -3.18. The van der Waals surface area contributed by atoms with E-state index in [1.54, 1.807) is 49.4 Å². The van der Waals surface area contributed by atoms with Gasteiger partial charge in [0.05, 0.1) is 37.0 Å². The summed E-state index contributed by atoms with van der Waals surface area (Å²) in [6.45, 7) is 1.84. The first-order chi connectivity index (χ1) is 17.4. The Morgan fingerprint density at radius 1 is 0.946 bits per heavy atom. The molecular formula is C26H28F2N4O5. The van der Waals surface area contributed by atoms with E-state index in [1.165, 1.54) is 20.3 Å². The molecule has 0 saturated carbocycles. The number of benzene rings is 2. The van der Waals surface area contributed by atoms with Crippen LogP contribution < -0.4 is 14.2 Å². The number of aromatic nitrogens is 4. The smallest absolute Gasteiger partial charge is 0.387 e. The first-order valence-electron chi connectivity index (χ1n) is 11.4. The van der Waals surface area contributed by atoms with E-state index in [9.17, 15) is 13.6 Å². The molecule has 11 heteroatoms. The van der Waals surface area contributed by atoms with Crippen molar-refractivity contribution >= 4 is 16.9 Å². The van der Waals surface area contributed by atoms with Gasteiger partial charge in [-0.2, -0.15) is 19.0 Å². The molecule has 2 heterocycles. The summed E-state index contributed by atoms with van der Waals surface area (Å²) in [5.41, 5.74) is 2.23. The van der Waals surface area contributed by atoms with Crippen molar-refractivity contribution in [1.82, 2.24) is 19.6 Å². The Bertz CT molecular complexity index is 1470. The highest BCUT2D eigenvalue weighted by atomic mass is 19.3. The Kier molecular flexibility index (Phi) is 6.81. The normalized spacial score (nSPS) is 11.7. The maximum Gasteiger partial charge on any atom is 0.387 e. The molecule has 0 aliphatic carbocycles. The molecule has 0 bridgehead atoms. The molecule has 0 fully saturated rings. The third-order valence-corrected chi connectivity index (χ3v) is 5.54. The average Bonchev–Trinajstić information content (AvgIpc) is 3.38. The van der Waals surface area contributed by atoms with Crippen LogP contribution in [0.25, 0.3) is 33.3 Å². The fourth-order valence-corrected chi connectivity index (χ4v) is 4.13. The van der Waals surface area contributed by atoms with Gasteiger partial charge in [0.25, 0.3) is 0 Å². The van der Waals surface area contributed by atoms with E-state index in [4.69, 9.17) is 18.9 Å². The Labute approximate surface area is 212 Å². The molecule has 4 aromatic rings. The van der Waals surface area contributed by atoms with Crippen LogP contribution in [-0.2, 0) is 18.8 Å². The van der Waals surface area contributed by atoms with Crippen molar-refractivity contribution in [3.05, 3.63) is 42.2 Å². The number of esters is 1. The molecule has 2 aromatic heterocycles. The average molecular weight is 515 g/mol. The number of fused-ring (bicyclic) bond motifs is 1. The highest BCUT2D eigenvalue weighted by molar-refractivity contribution is 6.02. The zero-order chi connectivity index (χ0) is 27.1. The van der Waals surface area contributed by atoms with Gasteiger partial charge in [-0.25, -0.2) is 4.79 Å². The Hall–Kier alpha value is -4.15. The first kappa shape index (κ1) is 25.9. The summed E-state index contributed by atoms with van der Waals surface area (Å²) >= 11 is 0. The fraction of sp³-hybridized carbons (Fsp3) is 0.346. The number of ether oxygens (including phenoxy) is 4. The van der Waals surface area contributed by atoms with Crippen LogP contribution in [0, 0.1) is 0 Å². The zero-order valence-corrected chi connectivity index (χ0v) is 21.6. The summed E-state index contributed by atoms with van der Waals surface area (Å²) in [4.78, 5) is 12.9. The molecule has 0 saturated heterocycles. The summed E-state index contributed by atoms with van der Waals surface area (Å²) in [6, 6.07) is 6.65. The zero-order valence-electron chi connectivity index (χ0n) is 21.6. The fourth-order valence-electron chi connectivity index (χ4n) is 4.13. The first-order valence-corrected chi connectivity index (χ1v) is 11.4. The van der Waals surface area contributed by atoms with Crippen LogP contribution in [0.5, 0.6) is 17.2 Å². The second-order valence-corrected chi connectivity index (χ2v) is 9.38. The minimum Gasteiger partial charge on any atom is -0.496 e.